The van der Waals surface area contributed by atoms with Crippen molar-refractivity contribution in [3.8, 4) is 11.5 Å². The first-order chi connectivity index (χ1) is 25.2. The number of ether oxygens (including phenoxy) is 1. The predicted molar refractivity (Wildman–Crippen MR) is 208 cm³/mol. The molecule has 0 saturated heterocycles. The van der Waals surface area contributed by atoms with Gasteiger partial charge in [0, 0.05) is 149 Å². The first kappa shape index (κ1) is 58.2. The van der Waals surface area contributed by atoms with Crippen LogP contribution >= 0.6 is 0 Å². The van der Waals surface area contributed by atoms with Gasteiger partial charge in [-0.05, 0) is 30.3 Å². The van der Waals surface area contributed by atoms with Crippen molar-refractivity contribution in [3.05, 3.63) is 42.5 Å². The number of sulfone groups is 1. The van der Waals surface area contributed by atoms with Gasteiger partial charge in [0.25, 0.3) is 30.4 Å². The van der Waals surface area contributed by atoms with Gasteiger partial charge in [-0.15, -0.1) is 10.2 Å². The third kappa shape index (κ3) is 16.1. The molecule has 1 aromatic heterocycles. The van der Waals surface area contributed by atoms with E-state index in [4.69, 9.17) is 9.29 Å². The minimum absolute atomic E-state index is 0. The minimum Gasteiger partial charge on any atom is -0.505 e. The maximum atomic E-state index is 14.5. The molecule has 0 aliphatic carbocycles. The van der Waals surface area contributed by atoms with Gasteiger partial charge in [-0.2, -0.15) is 53.0 Å². The Kier molecular flexibility index (Phi) is 22.4. The Morgan fingerprint density at radius 1 is 0.763 bits per heavy atom. The van der Waals surface area contributed by atoms with Crippen LogP contribution in [-0.4, -0.2) is 237 Å². The van der Waals surface area contributed by atoms with Gasteiger partial charge in [-0.3, -0.25) is 18.2 Å². The number of halogens is 1. The summed E-state index contributed by atoms with van der Waals surface area (Å²) in [5, 5.41) is 19.1. The van der Waals surface area contributed by atoms with Gasteiger partial charge in [-0.1, -0.05) is 0 Å². The van der Waals surface area contributed by atoms with Crippen molar-refractivity contribution in [2.24, 2.45) is 10.2 Å². The summed E-state index contributed by atoms with van der Waals surface area (Å²) >= 11 is 0. The van der Waals surface area contributed by atoms with Crippen LogP contribution in [-0.2, 0) is 54.8 Å². The number of fused-ring (bicyclic) bond motifs is 1. The molecule has 4 radical (unpaired) electrons. The van der Waals surface area contributed by atoms with Crippen LogP contribution in [0.3, 0.4) is 0 Å². The Hall–Kier alpha value is -0.790. The third-order valence-electron chi connectivity index (χ3n) is 6.97. The van der Waals surface area contributed by atoms with Crippen LogP contribution in [0.4, 0.5) is 33.3 Å². The number of anilines is 3. The van der Waals surface area contributed by atoms with E-state index in [9.17, 15) is 65.2 Å². The van der Waals surface area contributed by atoms with Crippen LogP contribution in [0.5, 0.6) is 11.5 Å². The average Bonchev–Trinajstić information content (AvgIpc) is 3.04. The predicted octanol–water partition coefficient (Wildman–Crippen LogP) is -0.0756. The van der Waals surface area contributed by atoms with Crippen LogP contribution in [0, 0.1) is 6.08 Å². The Morgan fingerprint density at radius 2 is 1.37 bits per heavy atom. The standard InChI is InChI=1S/C25H26FN7O17S5.4Na/c1-33(7-9-51(35,36)10-8-50-55(46,47)48)25-29-23(26)28-24(30-25)27-17-6-4-14-15(22(17)54(43,44)45)12-19(53(40,41)42)20(21(14)34)32-31-16-5-3-13(49-2)11-18(16)52(37,38)39;;;;/h3-6,11-12,34H,7-10H2,1-2H3,(H,37,38,39)(H,40,41,42)(H,43,44,45)(H,46,47,48)(H,27,28,29,30);;;;. The molecule has 0 amide bonds. The van der Waals surface area contributed by atoms with Crippen molar-refractivity contribution >= 4 is 209 Å². The van der Waals surface area contributed by atoms with Crippen molar-refractivity contribution in [2.75, 3.05) is 49.0 Å². The molecule has 0 fully saturated rings. The summed E-state index contributed by atoms with van der Waals surface area (Å²) in [4.78, 5) is 8.27. The van der Waals surface area contributed by atoms with E-state index in [1.807, 2.05) is 0 Å². The SMILES string of the molecule is COc1ccc(N=Nc2c(S(=O)(=O)O)cc3c(S(=O)(=O)O)c(Nc4nc(F)nc(N(C)CCS(=O)(=O)CCOS(=O)(=O)O)n4)ccc3c2O)c(S(=O)(=O)O)c1.[Na].[Na].[Na].[Na]. The van der Waals surface area contributed by atoms with Crippen LogP contribution in [0.15, 0.2) is 61.3 Å². The fraction of sp³-hybridized carbons (Fsp3) is 0.240. The number of aromatic hydroxyl groups is 1. The second-order valence-corrected chi connectivity index (χ2v) is 18.3. The molecule has 24 nitrogen and oxygen atoms in total. The molecule has 6 N–H and O–H groups in total. The summed E-state index contributed by atoms with van der Waals surface area (Å²) in [6.07, 6.45) is -1.49. The summed E-state index contributed by atoms with van der Waals surface area (Å²) in [6.45, 7) is -1.34. The number of nitrogens with zero attached hydrogens (tertiary/aromatic N) is 6. The van der Waals surface area contributed by atoms with Crippen LogP contribution < -0.4 is 15.0 Å². The van der Waals surface area contributed by atoms with Crippen LogP contribution in [0.2, 0.25) is 0 Å². The molecule has 0 atom stereocenters. The van der Waals surface area contributed by atoms with E-state index < -0.39 is 141 Å². The van der Waals surface area contributed by atoms with Gasteiger partial charge in [0.1, 0.15) is 31.8 Å². The molecule has 3 aromatic carbocycles. The van der Waals surface area contributed by atoms with E-state index >= 15 is 0 Å². The third-order valence-corrected chi connectivity index (χ3v) is 11.7. The van der Waals surface area contributed by atoms with E-state index in [1.54, 1.807) is 0 Å². The Bertz CT molecular complexity index is 2790. The quantitative estimate of drug-likeness (QED) is 0.0486. The number of phenolic OH excluding ortho intramolecular Hbond substituents is 1. The van der Waals surface area contributed by atoms with Gasteiger partial charge >= 0.3 is 16.5 Å². The molecular formula is C25H26FN7Na4O17S5. The topological polar surface area (TPSA) is 369 Å². The summed E-state index contributed by atoms with van der Waals surface area (Å²) < 4.78 is 182. The molecule has 0 aliphatic heterocycles. The zero-order valence-electron chi connectivity index (χ0n) is 31.5. The molecule has 0 spiro atoms. The van der Waals surface area contributed by atoms with Gasteiger partial charge in [0.15, 0.2) is 15.6 Å². The number of phenols is 1. The summed E-state index contributed by atoms with van der Waals surface area (Å²) in [7, 11) is -22.4. The molecule has 0 unspecified atom stereocenters. The number of hydrogen-bond donors (Lipinski definition) is 6. The largest absolute Gasteiger partial charge is 0.505 e. The van der Waals surface area contributed by atoms with E-state index in [-0.39, 0.29) is 124 Å². The number of aromatic nitrogens is 3. The number of benzene rings is 3. The molecule has 0 bridgehead atoms. The number of hydrogen-bond acceptors (Lipinski definition) is 20. The van der Waals surface area contributed by atoms with Crippen molar-refractivity contribution in [3.63, 3.8) is 0 Å². The van der Waals surface area contributed by atoms with Crippen LogP contribution in [0.1, 0.15) is 0 Å². The fourth-order valence-electron chi connectivity index (χ4n) is 4.51. The van der Waals surface area contributed by atoms with Gasteiger partial charge in [-0.25, -0.2) is 12.6 Å². The monoisotopic (exact) mass is 967 g/mol. The maximum Gasteiger partial charge on any atom is 0.397 e. The molecule has 0 saturated carbocycles. The van der Waals surface area contributed by atoms with Crippen molar-refractivity contribution < 1.29 is 78.7 Å². The average molecular weight is 968 g/mol. The van der Waals surface area contributed by atoms with Gasteiger partial charge < -0.3 is 20.1 Å². The first-order valence-electron chi connectivity index (χ1n) is 14.3. The number of nitrogens with one attached hydrogen (secondary N) is 1. The van der Waals surface area contributed by atoms with E-state index in [0.29, 0.717) is 6.07 Å². The molecule has 59 heavy (non-hydrogen) atoms. The first-order valence-corrected chi connectivity index (χ1v) is 21.8. The van der Waals surface area contributed by atoms with Crippen LogP contribution in [0.25, 0.3) is 10.8 Å². The van der Waals surface area contributed by atoms with Gasteiger partial charge in [0.05, 0.1) is 30.9 Å². The molecule has 4 rings (SSSR count). The van der Waals surface area contributed by atoms with E-state index in [2.05, 4.69) is 34.7 Å². The van der Waals surface area contributed by atoms with Crippen molar-refractivity contribution in [2.45, 2.75) is 14.7 Å². The zero-order chi connectivity index (χ0) is 41.3. The van der Waals surface area contributed by atoms with E-state index in [1.165, 1.54) is 20.2 Å². The number of azo groups is 1. The molecule has 1 heterocycles. The zero-order valence-corrected chi connectivity index (χ0v) is 43.6. The second-order valence-electron chi connectivity index (χ2n) is 10.7. The van der Waals surface area contributed by atoms with Crippen molar-refractivity contribution in [1.29, 1.82) is 0 Å². The molecule has 0 aliphatic rings. The summed E-state index contributed by atoms with van der Waals surface area (Å²) in [5.74, 6) is -4.06. The maximum absolute atomic E-state index is 14.5. The number of methoxy groups -OCH3 is 1. The molecular weight excluding hydrogens is 942 g/mol. The summed E-state index contributed by atoms with van der Waals surface area (Å²) in [6, 6.07) is 5.24. The normalized spacial score (nSPS) is 12.1. The number of rotatable bonds is 16. The molecule has 34 heteroatoms. The van der Waals surface area contributed by atoms with E-state index in [0.717, 1.165) is 29.2 Å². The Morgan fingerprint density at radius 3 is 1.92 bits per heavy atom. The second kappa shape index (κ2) is 22.7. The molecule has 4 aromatic rings. The molecule has 304 valence electrons. The fourth-order valence-corrected chi connectivity index (χ4v) is 8.13. The Balaban J connectivity index is 0.00000841. The van der Waals surface area contributed by atoms with Gasteiger partial charge in [0.2, 0.25) is 11.9 Å². The minimum atomic E-state index is -5.46. The Labute approximate surface area is 424 Å². The smallest absolute Gasteiger partial charge is 0.397 e. The van der Waals surface area contributed by atoms with Crippen molar-refractivity contribution in [1.82, 2.24) is 15.0 Å². The summed E-state index contributed by atoms with van der Waals surface area (Å²) in [5.41, 5.74) is -2.35.